The van der Waals surface area contributed by atoms with Crippen molar-refractivity contribution in [3.05, 3.63) is 47.6 Å². The summed E-state index contributed by atoms with van der Waals surface area (Å²) in [5.74, 6) is -3.12. The van der Waals surface area contributed by atoms with Crippen LogP contribution in [-0.2, 0) is 33.4 Å². The number of ether oxygens (including phenoxy) is 3. The number of allylic oxidation sites excluding steroid dienone is 1. The summed E-state index contributed by atoms with van der Waals surface area (Å²) < 4.78 is 16.2. The number of aliphatic hydroxyl groups excluding tert-OH is 1. The van der Waals surface area contributed by atoms with Crippen LogP contribution in [0.3, 0.4) is 0 Å². The van der Waals surface area contributed by atoms with Gasteiger partial charge in [0.1, 0.15) is 12.4 Å². The van der Waals surface area contributed by atoms with Crippen molar-refractivity contribution in [3.8, 4) is 0 Å². The van der Waals surface area contributed by atoms with Gasteiger partial charge in [0.25, 0.3) is 0 Å². The van der Waals surface area contributed by atoms with Crippen LogP contribution in [0.25, 0.3) is 0 Å². The number of esters is 3. The van der Waals surface area contributed by atoms with Crippen molar-refractivity contribution in [1.82, 2.24) is 0 Å². The van der Waals surface area contributed by atoms with Gasteiger partial charge in [-0.2, -0.15) is 0 Å². The summed E-state index contributed by atoms with van der Waals surface area (Å²) in [7, 11) is 0. The lowest BCUT2D eigenvalue weighted by Crippen LogP contribution is -2.45. The van der Waals surface area contributed by atoms with Gasteiger partial charge in [0, 0.05) is 23.6 Å². The quantitative estimate of drug-likeness (QED) is 0.240. The van der Waals surface area contributed by atoms with E-state index in [1.807, 2.05) is 0 Å². The number of aliphatic hydroxyl groups is 1. The fraction of sp³-hybridized carbons (Fsp3) is 0.429. The second-order valence-corrected chi connectivity index (χ2v) is 6.94. The fourth-order valence-electron chi connectivity index (χ4n) is 3.28. The van der Waals surface area contributed by atoms with Crippen molar-refractivity contribution in [2.75, 3.05) is 6.61 Å². The van der Waals surface area contributed by atoms with Gasteiger partial charge in [-0.15, -0.1) is 0 Å². The molecule has 0 saturated carbocycles. The number of fused-ring (bicyclic) bond motifs is 1. The lowest BCUT2D eigenvalue weighted by Gasteiger charge is -2.33. The molecule has 0 unspecified atom stereocenters. The molecule has 1 aliphatic carbocycles. The van der Waals surface area contributed by atoms with Gasteiger partial charge < -0.3 is 19.3 Å². The van der Waals surface area contributed by atoms with Crippen molar-refractivity contribution >= 4 is 24.2 Å². The number of hydrogen-bond acceptors (Lipinski definition) is 8. The zero-order chi connectivity index (χ0) is 21.7. The molecule has 0 amide bonds. The number of aldehydes is 1. The zero-order valence-electron chi connectivity index (χ0n) is 16.4. The van der Waals surface area contributed by atoms with Crippen LogP contribution in [0, 0.1) is 5.92 Å². The molecule has 1 aliphatic heterocycles. The van der Waals surface area contributed by atoms with Gasteiger partial charge in [-0.3, -0.25) is 9.59 Å². The first kappa shape index (κ1) is 22.3. The van der Waals surface area contributed by atoms with Gasteiger partial charge in [-0.1, -0.05) is 19.2 Å². The molecule has 29 heavy (non-hydrogen) atoms. The van der Waals surface area contributed by atoms with Crippen molar-refractivity contribution in [3.63, 3.8) is 0 Å². The largest absolute Gasteiger partial charge is 0.454 e. The van der Waals surface area contributed by atoms with Gasteiger partial charge in [0.05, 0.1) is 12.5 Å². The maximum atomic E-state index is 12.3. The highest BCUT2D eigenvalue weighted by Crippen LogP contribution is 2.37. The Kier molecular flexibility index (Phi) is 7.28. The molecule has 1 saturated heterocycles. The van der Waals surface area contributed by atoms with E-state index >= 15 is 0 Å². The highest BCUT2D eigenvalue weighted by atomic mass is 16.6. The molecule has 4 atom stereocenters. The van der Waals surface area contributed by atoms with Crippen molar-refractivity contribution < 1.29 is 38.5 Å². The van der Waals surface area contributed by atoms with Gasteiger partial charge in [-0.05, 0) is 31.4 Å². The van der Waals surface area contributed by atoms with Crippen LogP contribution in [0.15, 0.2) is 47.6 Å². The molecule has 0 aromatic carbocycles. The highest BCUT2D eigenvalue weighted by Gasteiger charge is 2.49. The second-order valence-electron chi connectivity index (χ2n) is 6.94. The Morgan fingerprint density at radius 2 is 2.03 bits per heavy atom. The monoisotopic (exact) mass is 404 g/mol. The molecule has 1 fully saturated rings. The first-order chi connectivity index (χ1) is 13.7. The van der Waals surface area contributed by atoms with Crippen LogP contribution in [0.5, 0.6) is 0 Å². The molecular formula is C21H24O8. The van der Waals surface area contributed by atoms with Crippen LogP contribution < -0.4 is 0 Å². The third-order valence-electron chi connectivity index (χ3n) is 4.71. The molecular weight excluding hydrogens is 380 g/mol. The van der Waals surface area contributed by atoms with Crippen LogP contribution in [0.4, 0.5) is 0 Å². The standard InChI is InChI=1S/C21H24O8/c1-11(2)20(25)29-19-17-12(3)21(26)28-16(17)8-14(9-22)6-5-7-15(10-23)18(19)27-13(4)24/h7-8,10,16-19,22H,1,3,5-6,9H2,2,4H3/b14-8+,15-7-/t16-,17+,18-,19+/m1/s1. The number of hydrogen-bond donors (Lipinski definition) is 1. The maximum absolute atomic E-state index is 12.3. The Bertz CT molecular complexity index is 803. The van der Waals surface area contributed by atoms with Crippen LogP contribution in [0.1, 0.15) is 26.7 Å². The molecule has 1 heterocycles. The molecule has 156 valence electrons. The maximum Gasteiger partial charge on any atom is 0.334 e. The average molecular weight is 404 g/mol. The second kappa shape index (κ2) is 9.47. The van der Waals surface area contributed by atoms with Crippen molar-refractivity contribution in [2.45, 2.75) is 45.0 Å². The van der Waals surface area contributed by atoms with E-state index in [1.165, 1.54) is 6.92 Å². The van der Waals surface area contributed by atoms with Gasteiger partial charge >= 0.3 is 17.9 Å². The molecule has 0 aromatic heterocycles. The third kappa shape index (κ3) is 5.08. The van der Waals surface area contributed by atoms with E-state index < -0.39 is 42.1 Å². The summed E-state index contributed by atoms with van der Waals surface area (Å²) in [6.45, 7) is 9.59. The SMILES string of the molecule is C=C(C)C(=O)O[C@H]1[C@H]2C(=C)C(=O)O[C@@H]2/C=C(/CO)CC/C=C(/C=O)[C@H]1OC(C)=O. The minimum absolute atomic E-state index is 0.00558. The summed E-state index contributed by atoms with van der Waals surface area (Å²) in [6, 6.07) is 0. The Hall–Kier alpha value is -3.00. The molecule has 2 rings (SSSR count). The zero-order valence-corrected chi connectivity index (χ0v) is 16.4. The molecule has 2 aliphatic rings. The molecule has 0 aromatic rings. The average Bonchev–Trinajstić information content (AvgIpc) is 2.93. The molecule has 0 bridgehead atoms. The van der Waals surface area contributed by atoms with Gasteiger partial charge in [0.2, 0.25) is 0 Å². The third-order valence-corrected chi connectivity index (χ3v) is 4.71. The summed E-state index contributed by atoms with van der Waals surface area (Å²) >= 11 is 0. The molecule has 1 N–H and O–H groups in total. The normalized spacial score (nSPS) is 30.6. The van der Waals surface area contributed by atoms with E-state index in [1.54, 1.807) is 12.2 Å². The van der Waals surface area contributed by atoms with E-state index in [0.717, 1.165) is 6.92 Å². The molecule has 0 spiro atoms. The lowest BCUT2D eigenvalue weighted by molar-refractivity contribution is -0.166. The minimum atomic E-state index is -1.27. The summed E-state index contributed by atoms with van der Waals surface area (Å²) in [6.07, 6.45) is 0.932. The number of rotatable bonds is 5. The van der Waals surface area contributed by atoms with E-state index in [4.69, 9.17) is 14.2 Å². The fourth-order valence-corrected chi connectivity index (χ4v) is 3.28. The number of carbonyl (C=O) groups excluding carboxylic acids is 4. The summed E-state index contributed by atoms with van der Waals surface area (Å²) in [4.78, 5) is 48.0. The van der Waals surface area contributed by atoms with Crippen LogP contribution >= 0.6 is 0 Å². The minimum Gasteiger partial charge on any atom is -0.454 e. The molecule has 8 heteroatoms. The first-order valence-electron chi connectivity index (χ1n) is 9.08. The molecule has 8 nitrogen and oxygen atoms in total. The predicted octanol–water partition coefficient (Wildman–Crippen LogP) is 1.34. The van der Waals surface area contributed by atoms with Crippen molar-refractivity contribution in [2.24, 2.45) is 5.92 Å². The van der Waals surface area contributed by atoms with E-state index in [-0.39, 0.29) is 23.3 Å². The van der Waals surface area contributed by atoms with E-state index in [9.17, 15) is 24.3 Å². The smallest absolute Gasteiger partial charge is 0.334 e. The topological polar surface area (TPSA) is 116 Å². The number of carbonyl (C=O) groups is 4. The highest BCUT2D eigenvalue weighted by molar-refractivity contribution is 5.92. The van der Waals surface area contributed by atoms with Crippen molar-refractivity contribution in [1.29, 1.82) is 0 Å². The first-order valence-corrected chi connectivity index (χ1v) is 9.08. The summed E-state index contributed by atoms with van der Waals surface area (Å²) in [5.41, 5.74) is 0.745. The Balaban J connectivity index is 2.65. The van der Waals surface area contributed by atoms with Crippen LogP contribution in [0.2, 0.25) is 0 Å². The Labute approximate surface area is 168 Å². The van der Waals surface area contributed by atoms with E-state index in [0.29, 0.717) is 24.7 Å². The lowest BCUT2D eigenvalue weighted by atomic mass is 9.83. The Morgan fingerprint density at radius 1 is 1.34 bits per heavy atom. The Morgan fingerprint density at radius 3 is 2.59 bits per heavy atom. The van der Waals surface area contributed by atoms with Crippen LogP contribution in [-0.4, -0.2) is 54.2 Å². The van der Waals surface area contributed by atoms with Gasteiger partial charge in [0.15, 0.2) is 12.2 Å². The van der Waals surface area contributed by atoms with Gasteiger partial charge in [-0.25, -0.2) is 9.59 Å². The predicted molar refractivity (Wildman–Crippen MR) is 101 cm³/mol. The summed E-state index contributed by atoms with van der Waals surface area (Å²) in [5, 5.41) is 9.61. The van der Waals surface area contributed by atoms with E-state index in [2.05, 4.69) is 13.2 Å². The molecule has 0 radical (unpaired) electrons.